The van der Waals surface area contributed by atoms with Crippen molar-refractivity contribution in [3.63, 3.8) is 0 Å². The maximum Gasteiger partial charge on any atom is 0.147 e. The van der Waals surface area contributed by atoms with Crippen LogP contribution in [0.25, 0.3) is 0 Å². The van der Waals surface area contributed by atoms with Gasteiger partial charge in [0.15, 0.2) is 0 Å². The molecule has 2 aromatic rings. The molecule has 0 unspecified atom stereocenters. The van der Waals surface area contributed by atoms with E-state index < -0.39 is 0 Å². The summed E-state index contributed by atoms with van der Waals surface area (Å²) in [6, 6.07) is 13.1. The highest BCUT2D eigenvalue weighted by molar-refractivity contribution is 14.1. The number of para-hydroxylation sites is 1. The lowest BCUT2D eigenvalue weighted by atomic mass is 10.2. The minimum Gasteiger partial charge on any atom is -0.378 e. The first-order valence-corrected chi connectivity index (χ1v) is 6.96. The van der Waals surface area contributed by atoms with Crippen LogP contribution in [0.15, 0.2) is 46.9 Å². The van der Waals surface area contributed by atoms with Gasteiger partial charge in [-0.15, -0.1) is 0 Å². The van der Waals surface area contributed by atoms with Crippen LogP contribution >= 0.6 is 38.5 Å². The summed E-state index contributed by atoms with van der Waals surface area (Å²) < 4.78 is 15.5. The van der Waals surface area contributed by atoms with Gasteiger partial charge in [0.25, 0.3) is 0 Å². The maximum atomic E-state index is 13.5. The largest absolute Gasteiger partial charge is 0.378 e. The number of benzene rings is 2. The SMILES string of the molecule is Fc1cccc(Br)c1NCc1ccc(I)cc1. The van der Waals surface area contributed by atoms with Crippen LogP contribution in [0.1, 0.15) is 5.56 Å². The highest BCUT2D eigenvalue weighted by atomic mass is 127. The molecule has 0 aliphatic rings. The van der Waals surface area contributed by atoms with Gasteiger partial charge in [0, 0.05) is 14.6 Å². The zero-order chi connectivity index (χ0) is 12.3. The van der Waals surface area contributed by atoms with Gasteiger partial charge in [-0.25, -0.2) is 4.39 Å². The first-order valence-electron chi connectivity index (χ1n) is 5.09. The normalized spacial score (nSPS) is 10.3. The Hall–Kier alpha value is -0.620. The van der Waals surface area contributed by atoms with Gasteiger partial charge in [0.1, 0.15) is 5.82 Å². The van der Waals surface area contributed by atoms with Crippen molar-refractivity contribution in [3.8, 4) is 0 Å². The van der Waals surface area contributed by atoms with Crippen molar-refractivity contribution in [2.75, 3.05) is 5.32 Å². The van der Waals surface area contributed by atoms with Crippen molar-refractivity contribution in [1.29, 1.82) is 0 Å². The molecule has 0 fully saturated rings. The molecule has 4 heteroatoms. The Kier molecular flexibility index (Phi) is 4.39. The highest BCUT2D eigenvalue weighted by Crippen LogP contribution is 2.25. The van der Waals surface area contributed by atoms with Gasteiger partial charge in [0.05, 0.1) is 5.69 Å². The molecule has 0 aliphatic heterocycles. The van der Waals surface area contributed by atoms with Crippen molar-refractivity contribution in [1.82, 2.24) is 0 Å². The molecular weight excluding hydrogens is 396 g/mol. The zero-order valence-electron chi connectivity index (χ0n) is 8.88. The van der Waals surface area contributed by atoms with E-state index in [4.69, 9.17) is 0 Å². The Bertz CT molecular complexity index is 493. The Morgan fingerprint density at radius 2 is 1.82 bits per heavy atom. The second-order valence-corrected chi connectivity index (χ2v) is 5.68. The molecule has 0 saturated carbocycles. The highest BCUT2D eigenvalue weighted by Gasteiger charge is 2.05. The number of anilines is 1. The molecule has 2 rings (SSSR count). The minimum atomic E-state index is -0.245. The van der Waals surface area contributed by atoms with Crippen LogP contribution in [0, 0.1) is 9.39 Å². The molecule has 0 saturated heterocycles. The van der Waals surface area contributed by atoms with Gasteiger partial charge in [-0.05, 0) is 68.3 Å². The summed E-state index contributed by atoms with van der Waals surface area (Å²) in [5.74, 6) is -0.245. The molecule has 0 aliphatic carbocycles. The fraction of sp³-hybridized carbons (Fsp3) is 0.0769. The predicted molar refractivity (Wildman–Crippen MR) is 80.6 cm³/mol. The van der Waals surface area contributed by atoms with E-state index in [1.165, 1.54) is 9.64 Å². The number of nitrogens with one attached hydrogen (secondary N) is 1. The molecule has 17 heavy (non-hydrogen) atoms. The van der Waals surface area contributed by atoms with Gasteiger partial charge in [-0.3, -0.25) is 0 Å². The Balaban J connectivity index is 2.10. The van der Waals surface area contributed by atoms with Crippen LogP contribution in [-0.4, -0.2) is 0 Å². The molecule has 0 heterocycles. The van der Waals surface area contributed by atoms with Crippen LogP contribution < -0.4 is 5.32 Å². The lowest BCUT2D eigenvalue weighted by Gasteiger charge is -2.09. The van der Waals surface area contributed by atoms with Crippen LogP contribution in [0.4, 0.5) is 10.1 Å². The standard InChI is InChI=1S/C13H10BrFIN/c14-11-2-1-3-12(15)13(11)17-8-9-4-6-10(16)7-5-9/h1-7,17H,8H2. The summed E-state index contributed by atoms with van der Waals surface area (Å²) in [4.78, 5) is 0. The van der Waals surface area contributed by atoms with Crippen LogP contribution in [0.3, 0.4) is 0 Å². The molecule has 1 N–H and O–H groups in total. The van der Waals surface area contributed by atoms with Crippen molar-refractivity contribution in [3.05, 3.63) is 61.9 Å². The molecule has 0 atom stereocenters. The number of hydrogen-bond acceptors (Lipinski definition) is 1. The Labute approximate surface area is 122 Å². The minimum absolute atomic E-state index is 0.245. The van der Waals surface area contributed by atoms with Crippen LogP contribution in [-0.2, 0) is 6.54 Å². The quantitative estimate of drug-likeness (QED) is 0.723. The van der Waals surface area contributed by atoms with Crippen LogP contribution in [0.5, 0.6) is 0 Å². The monoisotopic (exact) mass is 405 g/mol. The van der Waals surface area contributed by atoms with E-state index in [0.29, 0.717) is 12.2 Å². The molecule has 0 bridgehead atoms. The fourth-order valence-corrected chi connectivity index (χ4v) is 2.30. The van der Waals surface area contributed by atoms with Crippen molar-refractivity contribution >= 4 is 44.2 Å². The summed E-state index contributed by atoms with van der Waals surface area (Å²) in [6.07, 6.45) is 0. The third-order valence-corrected chi connectivity index (χ3v) is 3.73. The Morgan fingerprint density at radius 1 is 1.12 bits per heavy atom. The van der Waals surface area contributed by atoms with Gasteiger partial charge < -0.3 is 5.32 Å². The maximum absolute atomic E-state index is 13.5. The average Bonchev–Trinajstić information content (AvgIpc) is 2.31. The topological polar surface area (TPSA) is 12.0 Å². The molecule has 0 amide bonds. The molecule has 88 valence electrons. The van der Waals surface area contributed by atoms with E-state index in [1.54, 1.807) is 6.07 Å². The van der Waals surface area contributed by atoms with Crippen molar-refractivity contribution in [2.24, 2.45) is 0 Å². The smallest absolute Gasteiger partial charge is 0.147 e. The van der Waals surface area contributed by atoms with E-state index in [0.717, 1.165) is 10.0 Å². The van der Waals surface area contributed by atoms with Gasteiger partial charge >= 0.3 is 0 Å². The number of hydrogen-bond donors (Lipinski definition) is 1. The predicted octanol–water partition coefficient (Wildman–Crippen LogP) is 4.80. The molecule has 1 nitrogen and oxygen atoms in total. The van der Waals surface area contributed by atoms with E-state index in [9.17, 15) is 4.39 Å². The Morgan fingerprint density at radius 3 is 2.47 bits per heavy atom. The lowest BCUT2D eigenvalue weighted by Crippen LogP contribution is -2.02. The fourth-order valence-electron chi connectivity index (χ4n) is 1.46. The third-order valence-electron chi connectivity index (χ3n) is 2.35. The summed E-state index contributed by atoms with van der Waals surface area (Å²) in [5, 5.41) is 3.09. The van der Waals surface area contributed by atoms with Gasteiger partial charge in [-0.1, -0.05) is 18.2 Å². The first-order chi connectivity index (χ1) is 8.16. The molecule has 2 aromatic carbocycles. The molecular formula is C13H10BrFIN. The molecule has 0 spiro atoms. The van der Waals surface area contributed by atoms with Crippen molar-refractivity contribution < 1.29 is 4.39 Å². The molecule has 0 aromatic heterocycles. The van der Waals surface area contributed by atoms with Crippen molar-refractivity contribution in [2.45, 2.75) is 6.54 Å². The third kappa shape index (κ3) is 3.42. The van der Waals surface area contributed by atoms with E-state index >= 15 is 0 Å². The molecule has 0 radical (unpaired) electrons. The van der Waals surface area contributed by atoms with E-state index in [2.05, 4.69) is 43.8 Å². The van der Waals surface area contributed by atoms with Gasteiger partial charge in [0.2, 0.25) is 0 Å². The number of rotatable bonds is 3. The second kappa shape index (κ2) is 5.82. The average molecular weight is 406 g/mol. The summed E-state index contributed by atoms with van der Waals surface area (Å²) in [7, 11) is 0. The van der Waals surface area contributed by atoms with Crippen LogP contribution in [0.2, 0.25) is 0 Å². The van der Waals surface area contributed by atoms with E-state index in [-0.39, 0.29) is 5.82 Å². The van der Waals surface area contributed by atoms with E-state index in [1.807, 2.05) is 30.3 Å². The summed E-state index contributed by atoms with van der Waals surface area (Å²) >= 11 is 5.59. The number of halogens is 3. The van der Waals surface area contributed by atoms with Gasteiger partial charge in [-0.2, -0.15) is 0 Å². The second-order valence-electron chi connectivity index (χ2n) is 3.58. The summed E-state index contributed by atoms with van der Waals surface area (Å²) in [6.45, 7) is 0.608. The summed E-state index contributed by atoms with van der Waals surface area (Å²) in [5.41, 5.74) is 1.63. The zero-order valence-corrected chi connectivity index (χ0v) is 12.6. The first kappa shape index (κ1) is 12.8. The lowest BCUT2D eigenvalue weighted by molar-refractivity contribution is 0.629.